The summed E-state index contributed by atoms with van der Waals surface area (Å²) in [4.78, 5) is 14.3. The summed E-state index contributed by atoms with van der Waals surface area (Å²) in [5.74, 6) is 0.514. The Hall–Kier alpha value is -1.79. The quantitative estimate of drug-likeness (QED) is 0.733. The first kappa shape index (κ1) is 16.6. The Morgan fingerprint density at radius 1 is 1.36 bits per heavy atom. The summed E-state index contributed by atoms with van der Waals surface area (Å²) in [6.07, 6.45) is 2.22. The van der Waals surface area contributed by atoms with Gasteiger partial charge in [-0.05, 0) is 37.6 Å². The molecule has 0 aliphatic rings. The Balaban J connectivity index is 1.71. The number of hydrogen-bond donors (Lipinski definition) is 3. The van der Waals surface area contributed by atoms with Crippen LogP contribution in [0.1, 0.15) is 41.9 Å². The monoisotopic (exact) mass is 322 g/mol. The Morgan fingerprint density at radius 2 is 2.14 bits per heavy atom. The van der Waals surface area contributed by atoms with Crippen LogP contribution in [-0.2, 0) is 13.0 Å². The van der Waals surface area contributed by atoms with Gasteiger partial charge in [0, 0.05) is 22.2 Å². The van der Waals surface area contributed by atoms with Crippen molar-refractivity contribution in [1.82, 2.24) is 10.6 Å². The van der Waals surface area contributed by atoms with Crippen molar-refractivity contribution in [3.8, 4) is 0 Å². The molecule has 22 heavy (non-hydrogen) atoms. The number of aryl methyl sites for hydroxylation is 1. The van der Waals surface area contributed by atoms with Crippen molar-refractivity contribution in [3.63, 3.8) is 0 Å². The molecule has 0 radical (unpaired) electrons. The van der Waals surface area contributed by atoms with Crippen molar-refractivity contribution >= 4 is 17.4 Å². The lowest BCUT2D eigenvalue weighted by molar-refractivity contribution is 0.129. The summed E-state index contributed by atoms with van der Waals surface area (Å²) in [6.45, 7) is 4.48. The van der Waals surface area contributed by atoms with Crippen LogP contribution in [0, 0.1) is 0 Å². The van der Waals surface area contributed by atoms with Crippen molar-refractivity contribution < 1.29 is 14.3 Å². The van der Waals surface area contributed by atoms with E-state index in [2.05, 4.69) is 23.6 Å². The number of furan rings is 1. The molecule has 0 spiro atoms. The fourth-order valence-corrected chi connectivity index (χ4v) is 3.04. The molecular weight excluding hydrogens is 300 g/mol. The van der Waals surface area contributed by atoms with Gasteiger partial charge in [-0.3, -0.25) is 0 Å². The predicted octanol–water partition coefficient (Wildman–Crippen LogP) is 3.21. The van der Waals surface area contributed by atoms with Crippen LogP contribution in [0.5, 0.6) is 0 Å². The van der Waals surface area contributed by atoms with Crippen LogP contribution in [-0.4, -0.2) is 17.2 Å². The van der Waals surface area contributed by atoms with Crippen molar-refractivity contribution in [1.29, 1.82) is 0 Å². The van der Waals surface area contributed by atoms with E-state index in [0.717, 1.165) is 11.3 Å². The predicted molar refractivity (Wildman–Crippen MR) is 86.8 cm³/mol. The van der Waals surface area contributed by atoms with E-state index in [9.17, 15) is 9.90 Å². The molecule has 6 heteroatoms. The second-order valence-corrected chi connectivity index (χ2v) is 6.47. The van der Waals surface area contributed by atoms with Gasteiger partial charge in [0.15, 0.2) is 0 Å². The second kappa shape index (κ2) is 8.00. The number of carbonyl (C=O) groups excluding carboxylic acids is 1. The largest absolute Gasteiger partial charge is 0.467 e. The molecule has 2 unspecified atom stereocenters. The summed E-state index contributed by atoms with van der Waals surface area (Å²) in [6, 6.07) is 7.19. The number of rotatable bonds is 7. The first-order valence-electron chi connectivity index (χ1n) is 7.42. The highest BCUT2D eigenvalue weighted by Gasteiger charge is 2.16. The molecule has 0 aliphatic heterocycles. The number of urea groups is 1. The van der Waals surface area contributed by atoms with Crippen LogP contribution in [0.4, 0.5) is 4.79 Å². The molecule has 0 bridgehead atoms. The van der Waals surface area contributed by atoms with Crippen molar-refractivity contribution in [2.75, 3.05) is 0 Å². The van der Waals surface area contributed by atoms with Crippen molar-refractivity contribution in [3.05, 3.63) is 46.0 Å². The van der Waals surface area contributed by atoms with Gasteiger partial charge in [0.2, 0.25) is 0 Å². The Bertz CT molecular complexity index is 580. The molecule has 0 saturated carbocycles. The van der Waals surface area contributed by atoms with Gasteiger partial charge in [0.1, 0.15) is 11.9 Å². The number of aliphatic hydroxyl groups excluding tert-OH is 1. The van der Waals surface area contributed by atoms with Crippen LogP contribution in [0.2, 0.25) is 0 Å². The zero-order valence-electron chi connectivity index (χ0n) is 12.8. The highest BCUT2D eigenvalue weighted by Crippen LogP contribution is 2.18. The first-order valence-corrected chi connectivity index (χ1v) is 8.23. The van der Waals surface area contributed by atoms with Gasteiger partial charge in [-0.15, -0.1) is 11.3 Å². The van der Waals surface area contributed by atoms with Gasteiger partial charge >= 0.3 is 6.03 Å². The van der Waals surface area contributed by atoms with E-state index in [1.807, 2.05) is 13.0 Å². The molecule has 2 rings (SSSR count). The maximum atomic E-state index is 11.8. The molecular formula is C16H22N2O3S. The van der Waals surface area contributed by atoms with Gasteiger partial charge in [0.05, 0.1) is 12.8 Å². The van der Waals surface area contributed by atoms with E-state index in [-0.39, 0.29) is 12.1 Å². The third kappa shape index (κ3) is 4.89. The molecule has 2 amide bonds. The van der Waals surface area contributed by atoms with Gasteiger partial charge in [-0.1, -0.05) is 6.92 Å². The molecule has 2 aromatic rings. The first-order chi connectivity index (χ1) is 10.6. The smallest absolute Gasteiger partial charge is 0.315 e. The molecule has 0 aliphatic carbocycles. The van der Waals surface area contributed by atoms with E-state index < -0.39 is 6.10 Å². The maximum absolute atomic E-state index is 11.8. The second-order valence-electron chi connectivity index (χ2n) is 5.22. The Morgan fingerprint density at radius 3 is 2.77 bits per heavy atom. The molecule has 2 atom stereocenters. The van der Waals surface area contributed by atoms with Gasteiger partial charge in [-0.25, -0.2) is 4.79 Å². The Kier molecular flexibility index (Phi) is 6.03. The van der Waals surface area contributed by atoms with Crippen LogP contribution < -0.4 is 10.6 Å². The van der Waals surface area contributed by atoms with E-state index in [4.69, 9.17) is 4.42 Å². The summed E-state index contributed by atoms with van der Waals surface area (Å²) in [5.41, 5.74) is 0. The lowest BCUT2D eigenvalue weighted by Gasteiger charge is -2.17. The molecule has 0 saturated heterocycles. The van der Waals surface area contributed by atoms with Crippen molar-refractivity contribution in [2.45, 2.75) is 45.4 Å². The summed E-state index contributed by atoms with van der Waals surface area (Å²) in [5, 5.41) is 15.6. The Labute approximate surface area is 134 Å². The van der Waals surface area contributed by atoms with E-state index in [0.29, 0.717) is 18.7 Å². The normalized spacial score (nSPS) is 13.6. The molecule has 2 heterocycles. The number of carbonyl (C=O) groups is 1. The minimum Gasteiger partial charge on any atom is -0.467 e. The summed E-state index contributed by atoms with van der Waals surface area (Å²) >= 11 is 1.71. The van der Waals surface area contributed by atoms with Crippen LogP contribution in [0.3, 0.4) is 0 Å². The molecule has 0 aromatic carbocycles. The van der Waals surface area contributed by atoms with Crippen LogP contribution >= 0.6 is 11.3 Å². The average molecular weight is 322 g/mol. The highest BCUT2D eigenvalue weighted by molar-refractivity contribution is 7.11. The van der Waals surface area contributed by atoms with E-state index in [1.54, 1.807) is 23.5 Å². The minimum atomic E-state index is -0.713. The van der Waals surface area contributed by atoms with Crippen LogP contribution in [0.15, 0.2) is 34.9 Å². The van der Waals surface area contributed by atoms with Gasteiger partial charge < -0.3 is 20.2 Å². The fourth-order valence-electron chi connectivity index (χ4n) is 2.14. The zero-order chi connectivity index (χ0) is 15.9. The highest BCUT2D eigenvalue weighted by atomic mass is 32.1. The number of nitrogens with one attached hydrogen (secondary N) is 2. The third-order valence-electron chi connectivity index (χ3n) is 3.31. The van der Waals surface area contributed by atoms with Crippen LogP contribution in [0.25, 0.3) is 0 Å². The SMILES string of the molecule is CCc1ccc(CNC(=O)NC(C)CC(O)c2ccco2)s1. The summed E-state index contributed by atoms with van der Waals surface area (Å²) in [7, 11) is 0. The number of aliphatic hydroxyl groups is 1. The van der Waals surface area contributed by atoms with Gasteiger partial charge in [0.25, 0.3) is 0 Å². The molecule has 5 nitrogen and oxygen atoms in total. The lowest BCUT2D eigenvalue weighted by Crippen LogP contribution is -2.40. The third-order valence-corrected chi connectivity index (χ3v) is 4.54. The van der Waals surface area contributed by atoms with E-state index >= 15 is 0 Å². The number of thiophene rings is 1. The number of amides is 2. The van der Waals surface area contributed by atoms with E-state index in [1.165, 1.54) is 11.1 Å². The maximum Gasteiger partial charge on any atom is 0.315 e. The molecule has 3 N–H and O–H groups in total. The standard InChI is InChI=1S/C16H22N2O3S/c1-3-12-6-7-13(22-12)10-17-16(20)18-11(2)9-14(19)15-5-4-8-21-15/h4-8,11,14,19H,3,9-10H2,1-2H3,(H2,17,18,20). The number of hydrogen-bond acceptors (Lipinski definition) is 4. The average Bonchev–Trinajstić information content (AvgIpc) is 3.16. The molecule has 0 fully saturated rings. The molecule has 120 valence electrons. The zero-order valence-corrected chi connectivity index (χ0v) is 13.7. The summed E-state index contributed by atoms with van der Waals surface area (Å²) < 4.78 is 5.14. The fraction of sp³-hybridized carbons (Fsp3) is 0.438. The lowest BCUT2D eigenvalue weighted by atomic mass is 10.1. The van der Waals surface area contributed by atoms with Gasteiger partial charge in [-0.2, -0.15) is 0 Å². The van der Waals surface area contributed by atoms with Crippen molar-refractivity contribution in [2.24, 2.45) is 0 Å². The topological polar surface area (TPSA) is 74.5 Å². The molecule has 2 aromatic heterocycles. The minimum absolute atomic E-state index is 0.158.